The molecule has 0 saturated carbocycles. The van der Waals surface area contributed by atoms with Crippen molar-refractivity contribution in [2.75, 3.05) is 0 Å². The first-order chi connectivity index (χ1) is 5.09. The zero-order valence-electron chi connectivity index (χ0n) is 5.80. The van der Waals surface area contributed by atoms with Gasteiger partial charge in [0.2, 0.25) is 0 Å². The van der Waals surface area contributed by atoms with E-state index in [-0.39, 0.29) is 6.42 Å². The van der Waals surface area contributed by atoms with Crippen molar-refractivity contribution in [3.05, 3.63) is 14.5 Å². The van der Waals surface area contributed by atoms with E-state index in [1.807, 2.05) is 0 Å². The number of halogens is 1. The van der Waals surface area contributed by atoms with Crippen LogP contribution in [0.3, 0.4) is 0 Å². The van der Waals surface area contributed by atoms with Gasteiger partial charge in [0.05, 0.1) is 12.1 Å². The fourth-order valence-electron chi connectivity index (χ4n) is 0.694. The van der Waals surface area contributed by atoms with E-state index in [0.29, 0.717) is 0 Å². The highest BCUT2D eigenvalue weighted by Gasteiger charge is 2.08. The molecule has 1 heterocycles. The largest absolute Gasteiger partial charge is 0.481 e. The van der Waals surface area contributed by atoms with Crippen molar-refractivity contribution in [3.8, 4) is 0 Å². The van der Waals surface area contributed by atoms with Crippen molar-refractivity contribution in [1.29, 1.82) is 0 Å². The summed E-state index contributed by atoms with van der Waals surface area (Å²) in [5.74, 6) is -0.816. The Morgan fingerprint density at radius 3 is 2.82 bits per heavy atom. The number of rotatable bonds is 2. The minimum Gasteiger partial charge on any atom is -0.481 e. The summed E-state index contributed by atoms with van der Waals surface area (Å²) >= 11 is 4.55. The molecule has 0 bridgehead atoms. The van der Waals surface area contributed by atoms with Gasteiger partial charge in [-0.25, -0.2) is 4.98 Å². The summed E-state index contributed by atoms with van der Waals surface area (Å²) in [5.41, 5.74) is 0.796. The van der Waals surface area contributed by atoms with Gasteiger partial charge in [0, 0.05) is 4.88 Å². The molecule has 1 aromatic rings. The van der Waals surface area contributed by atoms with Crippen LogP contribution < -0.4 is 0 Å². The zero-order chi connectivity index (χ0) is 8.43. The molecule has 1 N–H and O–H groups in total. The molecule has 0 unspecified atom stereocenters. The molecule has 0 aromatic carbocycles. The van der Waals surface area contributed by atoms with Gasteiger partial charge in [-0.05, 0) is 22.9 Å². The molecular weight excluding hydrogens is 230 g/mol. The van der Waals surface area contributed by atoms with E-state index in [4.69, 9.17) is 5.11 Å². The van der Waals surface area contributed by atoms with Crippen LogP contribution >= 0.6 is 27.3 Å². The summed E-state index contributed by atoms with van der Waals surface area (Å²) in [4.78, 5) is 15.1. The van der Waals surface area contributed by atoms with E-state index in [9.17, 15) is 4.79 Å². The Morgan fingerprint density at radius 1 is 1.82 bits per heavy atom. The molecule has 0 fully saturated rings. The Bertz CT molecular complexity index is 284. The van der Waals surface area contributed by atoms with E-state index in [2.05, 4.69) is 20.9 Å². The van der Waals surface area contributed by atoms with Crippen molar-refractivity contribution < 1.29 is 9.90 Å². The standard InChI is InChI=1S/C6H6BrNO2S/c1-3-4(2-5(9)10)11-6(7)8-3/h2H2,1H3,(H,9,10). The lowest BCUT2D eigenvalue weighted by Gasteiger charge is -1.89. The highest BCUT2D eigenvalue weighted by atomic mass is 79.9. The molecule has 0 spiro atoms. The van der Waals surface area contributed by atoms with Crippen LogP contribution in [0.5, 0.6) is 0 Å². The maximum atomic E-state index is 10.3. The van der Waals surface area contributed by atoms with Gasteiger partial charge in [-0.1, -0.05) is 0 Å². The average molecular weight is 236 g/mol. The monoisotopic (exact) mass is 235 g/mol. The van der Waals surface area contributed by atoms with Crippen molar-refractivity contribution in [2.24, 2.45) is 0 Å². The molecule has 5 heteroatoms. The van der Waals surface area contributed by atoms with Crippen LogP contribution in [0.1, 0.15) is 10.6 Å². The van der Waals surface area contributed by atoms with Crippen molar-refractivity contribution >= 4 is 33.2 Å². The summed E-state index contributed by atoms with van der Waals surface area (Å²) in [6, 6.07) is 0. The normalized spacial score (nSPS) is 10.0. The summed E-state index contributed by atoms with van der Waals surface area (Å²) < 4.78 is 0.742. The molecule has 0 aliphatic rings. The third kappa shape index (κ3) is 2.27. The van der Waals surface area contributed by atoms with Gasteiger partial charge in [0.1, 0.15) is 0 Å². The molecule has 0 saturated heterocycles. The van der Waals surface area contributed by atoms with E-state index >= 15 is 0 Å². The van der Waals surface area contributed by atoms with Crippen LogP contribution in [-0.4, -0.2) is 16.1 Å². The first-order valence-electron chi connectivity index (χ1n) is 2.93. The third-order valence-corrected chi connectivity index (χ3v) is 2.79. The van der Waals surface area contributed by atoms with Crippen molar-refractivity contribution in [1.82, 2.24) is 4.98 Å². The van der Waals surface area contributed by atoms with E-state index in [1.165, 1.54) is 11.3 Å². The predicted molar refractivity (Wildman–Crippen MR) is 45.9 cm³/mol. The van der Waals surface area contributed by atoms with Crippen LogP contribution in [0, 0.1) is 6.92 Å². The SMILES string of the molecule is Cc1nc(Br)sc1CC(=O)O. The van der Waals surface area contributed by atoms with Gasteiger partial charge in [-0.2, -0.15) is 0 Å². The summed E-state index contributed by atoms with van der Waals surface area (Å²) in [7, 11) is 0. The Morgan fingerprint density at radius 2 is 2.45 bits per heavy atom. The second-order valence-corrected chi connectivity index (χ2v) is 4.41. The molecule has 0 aliphatic heterocycles. The van der Waals surface area contributed by atoms with Crippen LogP contribution in [0.25, 0.3) is 0 Å². The maximum absolute atomic E-state index is 10.3. The summed E-state index contributed by atoms with van der Waals surface area (Å²) in [6.07, 6.45) is 0.0646. The van der Waals surface area contributed by atoms with Crippen LogP contribution in [0.15, 0.2) is 3.92 Å². The van der Waals surface area contributed by atoms with Gasteiger partial charge >= 0.3 is 5.97 Å². The Hall–Kier alpha value is -0.420. The molecule has 3 nitrogen and oxygen atoms in total. The average Bonchev–Trinajstić information content (AvgIpc) is 2.09. The number of carboxylic acids is 1. The quantitative estimate of drug-likeness (QED) is 0.852. The van der Waals surface area contributed by atoms with Crippen LogP contribution in [0.4, 0.5) is 0 Å². The first kappa shape index (κ1) is 8.67. The number of aryl methyl sites for hydroxylation is 1. The van der Waals surface area contributed by atoms with Gasteiger partial charge in [0.25, 0.3) is 0 Å². The summed E-state index contributed by atoms with van der Waals surface area (Å²) in [5, 5.41) is 8.46. The smallest absolute Gasteiger partial charge is 0.308 e. The van der Waals surface area contributed by atoms with Crippen molar-refractivity contribution in [2.45, 2.75) is 13.3 Å². The minimum absolute atomic E-state index is 0.0646. The highest BCUT2D eigenvalue weighted by molar-refractivity contribution is 9.11. The number of aliphatic carboxylic acids is 1. The number of nitrogens with zero attached hydrogens (tertiary/aromatic N) is 1. The minimum atomic E-state index is -0.816. The Balaban J connectivity index is 2.85. The van der Waals surface area contributed by atoms with E-state index in [0.717, 1.165) is 14.5 Å². The van der Waals surface area contributed by atoms with E-state index < -0.39 is 5.97 Å². The third-order valence-electron chi connectivity index (χ3n) is 1.18. The summed E-state index contributed by atoms with van der Waals surface area (Å²) in [6.45, 7) is 1.81. The van der Waals surface area contributed by atoms with Gasteiger partial charge < -0.3 is 5.11 Å². The van der Waals surface area contributed by atoms with E-state index in [1.54, 1.807) is 6.92 Å². The molecule has 1 aromatic heterocycles. The topological polar surface area (TPSA) is 50.2 Å². The molecule has 1 rings (SSSR count). The molecule has 0 radical (unpaired) electrons. The van der Waals surface area contributed by atoms with Gasteiger partial charge in [-0.3, -0.25) is 4.79 Å². The van der Waals surface area contributed by atoms with Gasteiger partial charge in [-0.15, -0.1) is 11.3 Å². The molecule has 0 amide bonds. The fraction of sp³-hybridized carbons (Fsp3) is 0.333. The lowest BCUT2D eigenvalue weighted by Crippen LogP contribution is -1.99. The number of carboxylic acid groups (broad SMARTS) is 1. The zero-order valence-corrected chi connectivity index (χ0v) is 8.20. The molecule has 0 atom stereocenters. The number of hydrogen-bond donors (Lipinski definition) is 1. The molecule has 11 heavy (non-hydrogen) atoms. The van der Waals surface area contributed by atoms with Crippen LogP contribution in [0.2, 0.25) is 0 Å². The van der Waals surface area contributed by atoms with Gasteiger partial charge in [0.15, 0.2) is 3.92 Å². The second kappa shape index (κ2) is 3.32. The fourth-order valence-corrected chi connectivity index (χ4v) is 2.32. The predicted octanol–water partition coefficient (Wildman–Crippen LogP) is 1.84. The Kier molecular flexibility index (Phi) is 2.62. The first-order valence-corrected chi connectivity index (χ1v) is 4.54. The second-order valence-electron chi connectivity index (χ2n) is 2.05. The van der Waals surface area contributed by atoms with Crippen molar-refractivity contribution in [3.63, 3.8) is 0 Å². The number of carbonyl (C=O) groups is 1. The lowest BCUT2D eigenvalue weighted by atomic mass is 10.3. The molecule has 0 aliphatic carbocycles. The van der Waals surface area contributed by atoms with Crippen LogP contribution in [-0.2, 0) is 11.2 Å². The molecular formula is C6H6BrNO2S. The number of hydrogen-bond acceptors (Lipinski definition) is 3. The lowest BCUT2D eigenvalue weighted by molar-refractivity contribution is -0.136. The molecule has 60 valence electrons. The Labute approximate surface area is 76.2 Å². The highest BCUT2D eigenvalue weighted by Crippen LogP contribution is 2.22. The number of aromatic nitrogens is 1. The number of thiazole rings is 1. The maximum Gasteiger partial charge on any atom is 0.308 e.